The second-order valence-electron chi connectivity index (χ2n) is 25.4. The summed E-state index contributed by atoms with van der Waals surface area (Å²) in [6, 6.07) is 31.2. The molecule has 10 N–H and O–H groups in total. The minimum Gasteiger partial charge on any atom is -0.490 e. The van der Waals surface area contributed by atoms with Crippen LogP contribution < -0.4 is 59.2 Å². The average Bonchev–Trinajstić information content (AvgIpc) is 1.76. The number of aryl methyl sites for hydroxylation is 1. The van der Waals surface area contributed by atoms with E-state index >= 15 is 0 Å². The number of likely N-dealkylation sites (tertiary alicyclic amines) is 1. The van der Waals surface area contributed by atoms with Gasteiger partial charge in [0.1, 0.15) is 28.9 Å². The molecule has 0 saturated carbocycles. The standard InChI is InChI=1S/C25H34N4O3.C22H28N4O4.C20H24N4O5.C18H19N3O5/c1-5-29(6-2)14-10-9-11-19-15-21(18-26-17-19)24-27-25(32-28-24)20-12-13-22(30-7-3)23(16-20)31-8-4;1-3-29-19-6-5-16(12-20(19)30-4-2)22(28)25-21(23)15-7-9-24-17(11-15)13-26-10-8-18(27)14-26;1-3-28-16-6-5-14(12-17(16)29-4-2)19(26)24-18(21)13-7-8-22-15(11-13)20(27)23-9-10-25;1-3-25-14-6-5-12(10-15(14)26-4-2)17(22)21-16(19)11-7-8-20-13(9-11)18(23)24/h12-13,15-18H,5-11,14H2,1-4H3;5-7,9,11-12,18,27H,3-4,8,10,13-14H2,1-2H3,(H2,23,25,28);5-8,11-12,25H,3-4,9-10H2,1-2H3,(H,23,27)(H2,21,24,26);5-10H,3-4H2,1-2H3,(H,23,24)(H2,19,21,22)/t;18-;;/m.1../s1. The Labute approximate surface area is 680 Å². The summed E-state index contributed by atoms with van der Waals surface area (Å²) in [6.07, 6.45) is 11.7. The van der Waals surface area contributed by atoms with Crippen LogP contribution in [0.2, 0.25) is 0 Å². The number of amides is 4. The number of carboxylic acid groups (broad SMARTS) is 1. The minimum absolute atomic E-state index is 0.00282. The second-order valence-corrected chi connectivity index (χ2v) is 25.4. The van der Waals surface area contributed by atoms with Crippen molar-refractivity contribution in [3.63, 3.8) is 0 Å². The van der Waals surface area contributed by atoms with Crippen LogP contribution >= 0.6 is 0 Å². The average molecular weight is 1610 g/mol. The normalized spacial score (nSPS) is 12.0. The van der Waals surface area contributed by atoms with Gasteiger partial charge in [0.2, 0.25) is 5.82 Å². The molecular weight excluding hydrogens is 1500 g/mol. The van der Waals surface area contributed by atoms with Crippen molar-refractivity contribution in [3.8, 4) is 68.8 Å². The van der Waals surface area contributed by atoms with Crippen LogP contribution in [0.4, 0.5) is 0 Å². The molecule has 5 aromatic heterocycles. The number of aromatic carboxylic acids is 1. The minimum atomic E-state index is -1.21. The van der Waals surface area contributed by atoms with Crippen molar-refractivity contribution < 1.29 is 81.7 Å². The predicted molar refractivity (Wildman–Crippen MR) is 440 cm³/mol. The molecule has 1 atom stereocenters. The summed E-state index contributed by atoms with van der Waals surface area (Å²) < 4.78 is 49.9. The highest BCUT2D eigenvalue weighted by atomic mass is 16.5. The van der Waals surface area contributed by atoms with Gasteiger partial charge in [0.05, 0.1) is 71.3 Å². The van der Waals surface area contributed by atoms with Crippen molar-refractivity contribution >= 4 is 47.1 Å². The molecule has 0 spiro atoms. The van der Waals surface area contributed by atoms with E-state index in [0.29, 0.717) is 146 Å². The van der Waals surface area contributed by atoms with E-state index in [1.807, 2.05) is 79.8 Å². The van der Waals surface area contributed by atoms with Gasteiger partial charge in [0, 0.05) is 102 Å². The largest absolute Gasteiger partial charge is 0.490 e. The molecule has 32 heteroatoms. The number of carboxylic acids is 1. The maximum absolute atomic E-state index is 12.7. The molecule has 1 saturated heterocycles. The number of carbonyl (C=O) groups excluding carboxylic acids is 4. The summed E-state index contributed by atoms with van der Waals surface area (Å²) in [5, 5.41) is 66.0. The van der Waals surface area contributed by atoms with E-state index in [1.165, 1.54) is 54.7 Å². The molecule has 1 fully saturated rings. The quantitative estimate of drug-likeness (QED) is 0.00982. The lowest BCUT2D eigenvalue weighted by Crippen LogP contribution is -2.31. The number of aliphatic hydroxyl groups excluding tert-OH is 2. The highest BCUT2D eigenvalue weighted by Gasteiger charge is 2.23. The van der Waals surface area contributed by atoms with Crippen molar-refractivity contribution in [1.29, 1.82) is 16.2 Å². The Morgan fingerprint density at radius 3 is 1.40 bits per heavy atom. The fourth-order valence-corrected chi connectivity index (χ4v) is 11.5. The first-order valence-corrected chi connectivity index (χ1v) is 38.8. The number of unbranched alkanes of at least 4 members (excludes halogenated alkanes) is 1. The van der Waals surface area contributed by atoms with Crippen LogP contribution in [0.15, 0.2) is 151 Å². The van der Waals surface area contributed by atoms with Crippen LogP contribution in [0, 0.1) is 16.2 Å². The van der Waals surface area contributed by atoms with E-state index in [1.54, 1.807) is 73.1 Å². The van der Waals surface area contributed by atoms with Gasteiger partial charge in [-0.05, 0) is 222 Å². The van der Waals surface area contributed by atoms with E-state index in [4.69, 9.17) is 68.9 Å². The number of carbonyl (C=O) groups is 5. The number of benzene rings is 4. The lowest BCUT2D eigenvalue weighted by atomic mass is 10.1. The number of rotatable bonds is 37. The summed E-state index contributed by atoms with van der Waals surface area (Å²) in [5.41, 5.74) is 5.60. The highest BCUT2D eigenvalue weighted by Crippen LogP contribution is 2.35. The zero-order valence-electron chi connectivity index (χ0n) is 67.7. The zero-order chi connectivity index (χ0) is 84.6. The molecule has 0 unspecified atom stereocenters. The molecule has 622 valence electrons. The van der Waals surface area contributed by atoms with E-state index in [9.17, 15) is 29.1 Å². The molecule has 1 aliphatic heterocycles. The maximum atomic E-state index is 12.7. The SMILES string of the molecule is CCOc1ccc(-c2nc(-c3cncc(CCCCN(CC)CC)c3)no2)cc1OCC.CCOc1ccc(C(=O)NC(=N)c2ccnc(C(=O)NCCO)c2)cc1OCC.CCOc1ccc(C(=O)NC(=N)c2ccnc(C(=O)O)c2)cc1OCC.CCOc1ccc(C(=O)NC(=N)c2ccnc(CN3CC[C@@H](O)C3)c2)cc1OCC. The summed E-state index contributed by atoms with van der Waals surface area (Å²) >= 11 is 0. The van der Waals surface area contributed by atoms with Crippen molar-refractivity contribution in [1.82, 2.24) is 61.1 Å². The fraction of sp³-hybridized carbons (Fsp3) is 0.365. The van der Waals surface area contributed by atoms with Crippen LogP contribution in [-0.2, 0) is 13.0 Å². The Hall–Kier alpha value is -12.8. The molecular formula is C85H105N15O17. The molecule has 32 nitrogen and oxygen atoms in total. The van der Waals surface area contributed by atoms with Gasteiger partial charge in [0.15, 0.2) is 46.0 Å². The first kappa shape index (κ1) is 91.4. The maximum Gasteiger partial charge on any atom is 0.354 e. The Bertz CT molecular complexity index is 4770. The summed E-state index contributed by atoms with van der Waals surface area (Å²) in [7, 11) is 0. The molecule has 10 rings (SSSR count). The smallest absolute Gasteiger partial charge is 0.354 e. The van der Waals surface area contributed by atoms with Crippen molar-refractivity contribution in [2.24, 2.45) is 0 Å². The Kier molecular flexibility index (Phi) is 37.8. The Morgan fingerprint density at radius 1 is 0.504 bits per heavy atom. The van der Waals surface area contributed by atoms with Gasteiger partial charge in [-0.25, -0.2) is 9.78 Å². The van der Waals surface area contributed by atoms with Gasteiger partial charge in [-0.2, -0.15) is 4.98 Å². The van der Waals surface area contributed by atoms with E-state index in [-0.39, 0.29) is 59.3 Å². The van der Waals surface area contributed by atoms with Crippen LogP contribution in [-0.4, -0.2) is 207 Å². The molecule has 9 aromatic rings. The number of aromatic nitrogens is 6. The van der Waals surface area contributed by atoms with Gasteiger partial charge < -0.3 is 83.9 Å². The molecule has 0 aliphatic carbocycles. The third kappa shape index (κ3) is 28.6. The van der Waals surface area contributed by atoms with Gasteiger partial charge in [-0.1, -0.05) is 19.0 Å². The lowest BCUT2D eigenvalue weighted by molar-refractivity contribution is 0.0689. The van der Waals surface area contributed by atoms with Crippen molar-refractivity contribution in [2.75, 3.05) is 98.7 Å². The van der Waals surface area contributed by atoms with Gasteiger partial charge in [0.25, 0.3) is 29.5 Å². The Morgan fingerprint density at radius 2 is 0.949 bits per heavy atom. The van der Waals surface area contributed by atoms with E-state index < -0.39 is 29.6 Å². The van der Waals surface area contributed by atoms with Crippen LogP contribution in [0.3, 0.4) is 0 Å². The van der Waals surface area contributed by atoms with E-state index in [0.717, 1.165) is 62.3 Å². The van der Waals surface area contributed by atoms with Crippen LogP contribution in [0.5, 0.6) is 46.0 Å². The number of nitrogens with one attached hydrogen (secondary N) is 7. The first-order valence-electron chi connectivity index (χ1n) is 38.8. The van der Waals surface area contributed by atoms with Gasteiger partial charge >= 0.3 is 5.97 Å². The van der Waals surface area contributed by atoms with Gasteiger partial charge in [-0.3, -0.25) is 55.3 Å². The fourth-order valence-electron chi connectivity index (χ4n) is 11.5. The van der Waals surface area contributed by atoms with Crippen molar-refractivity contribution in [3.05, 3.63) is 202 Å². The molecule has 4 aromatic carbocycles. The number of nitrogens with zero attached hydrogens (tertiary/aromatic N) is 8. The molecule has 1 aliphatic rings. The molecule has 0 bridgehead atoms. The topological polar surface area (TPSA) is 437 Å². The number of amidine groups is 3. The highest BCUT2D eigenvalue weighted by molar-refractivity contribution is 6.13. The van der Waals surface area contributed by atoms with Gasteiger partial charge in [-0.15, -0.1) is 0 Å². The number of pyridine rings is 4. The second kappa shape index (κ2) is 48.4. The number of β-amino-alcohol motifs (C(OH)–C–C–N with tert-alkyl or cyclic N) is 1. The monoisotopic (exact) mass is 1610 g/mol. The summed E-state index contributed by atoms with van der Waals surface area (Å²) in [6.45, 7) is 28.5. The summed E-state index contributed by atoms with van der Waals surface area (Å²) in [5.74, 6) is 1.85. The number of ether oxygens (including phenoxy) is 8. The lowest BCUT2D eigenvalue weighted by Gasteiger charge is -2.17. The summed E-state index contributed by atoms with van der Waals surface area (Å²) in [4.78, 5) is 86.0. The number of hydrogen-bond donors (Lipinski definition) is 10. The first-order chi connectivity index (χ1) is 56.6. The molecule has 117 heavy (non-hydrogen) atoms. The van der Waals surface area contributed by atoms with Crippen molar-refractivity contribution in [2.45, 2.75) is 108 Å². The van der Waals surface area contributed by atoms with Crippen LogP contribution in [0.1, 0.15) is 168 Å². The number of hydrogen-bond acceptors (Lipinski definition) is 27. The molecule has 0 radical (unpaired) electrons. The zero-order valence-corrected chi connectivity index (χ0v) is 67.7. The Balaban J connectivity index is 0.000000216. The predicted octanol–water partition coefficient (Wildman–Crippen LogP) is 11.2. The number of aliphatic hydroxyl groups is 2. The third-order valence-corrected chi connectivity index (χ3v) is 17.2. The van der Waals surface area contributed by atoms with E-state index in [2.05, 4.69) is 81.1 Å². The third-order valence-electron chi connectivity index (χ3n) is 17.2. The van der Waals surface area contributed by atoms with Crippen LogP contribution in [0.25, 0.3) is 22.8 Å². The molecule has 4 amide bonds. The molecule has 6 heterocycles.